The summed E-state index contributed by atoms with van der Waals surface area (Å²) in [4.78, 5) is 6.63. The zero-order chi connectivity index (χ0) is 13.1. The van der Waals surface area contributed by atoms with E-state index in [1.54, 1.807) is 11.8 Å². The van der Waals surface area contributed by atoms with Gasteiger partial charge >= 0.3 is 0 Å². The molecule has 2 aromatic heterocycles. The molecule has 0 aliphatic heterocycles. The van der Waals surface area contributed by atoms with Gasteiger partial charge in [-0.25, -0.2) is 4.98 Å². The third-order valence-corrected chi connectivity index (χ3v) is 4.38. The van der Waals surface area contributed by atoms with E-state index in [9.17, 15) is 0 Å². The first-order valence-electron chi connectivity index (χ1n) is 6.02. The summed E-state index contributed by atoms with van der Waals surface area (Å²) in [5.41, 5.74) is 1.28. The molecule has 0 spiro atoms. The highest BCUT2D eigenvalue weighted by atomic mass is 32.2. The van der Waals surface area contributed by atoms with Crippen molar-refractivity contribution in [2.45, 2.75) is 24.0 Å². The number of thioether (sulfide) groups is 1. The molecule has 0 N–H and O–H groups in total. The fourth-order valence-corrected chi connectivity index (χ4v) is 2.53. The van der Waals surface area contributed by atoms with Crippen LogP contribution < -0.4 is 0 Å². The predicted molar refractivity (Wildman–Crippen MR) is 75.7 cm³/mol. The molecule has 1 unspecified atom stereocenters. The number of nitrogens with zero attached hydrogens (tertiary/aromatic N) is 4. The van der Waals surface area contributed by atoms with Crippen LogP contribution >= 0.6 is 11.8 Å². The van der Waals surface area contributed by atoms with Crippen molar-refractivity contribution >= 4 is 11.8 Å². The normalized spacial score (nSPS) is 13.2. The average Bonchev–Trinajstić information content (AvgIpc) is 2.90. The highest BCUT2D eigenvalue weighted by Crippen LogP contribution is 2.23. The lowest BCUT2D eigenvalue weighted by molar-refractivity contribution is 0.401. The maximum absolute atomic E-state index is 4.44. The van der Waals surface area contributed by atoms with Crippen LogP contribution in [0, 0.1) is 0 Å². The average molecular weight is 264 g/mol. The summed E-state index contributed by atoms with van der Waals surface area (Å²) in [5.74, 6) is 0. The standard InChI is InChI=1S/C13H20N4S/c1-11(15(2)3)18-13-14-7-9-17(13)10-12-6-5-8-16(12)4/h5-9,11H,10H2,1-4H3. The number of aromatic nitrogens is 3. The number of hydrogen-bond acceptors (Lipinski definition) is 3. The lowest BCUT2D eigenvalue weighted by Crippen LogP contribution is -2.21. The van der Waals surface area contributed by atoms with E-state index in [4.69, 9.17) is 0 Å². The molecular weight excluding hydrogens is 244 g/mol. The molecule has 4 nitrogen and oxygen atoms in total. The van der Waals surface area contributed by atoms with Gasteiger partial charge in [0.15, 0.2) is 5.16 Å². The maximum atomic E-state index is 4.44. The molecule has 2 rings (SSSR count). The van der Waals surface area contributed by atoms with Crippen molar-refractivity contribution in [3.63, 3.8) is 0 Å². The molecule has 18 heavy (non-hydrogen) atoms. The summed E-state index contributed by atoms with van der Waals surface area (Å²) in [6, 6.07) is 4.21. The minimum absolute atomic E-state index is 0.416. The van der Waals surface area contributed by atoms with Crippen LogP contribution in [0.15, 0.2) is 35.9 Å². The third kappa shape index (κ3) is 2.97. The molecule has 2 heterocycles. The van der Waals surface area contributed by atoms with E-state index < -0.39 is 0 Å². The second kappa shape index (κ2) is 5.63. The molecule has 0 aromatic carbocycles. The van der Waals surface area contributed by atoms with Crippen molar-refractivity contribution in [1.82, 2.24) is 19.0 Å². The Hall–Kier alpha value is -1.20. The molecule has 5 heteroatoms. The lowest BCUT2D eigenvalue weighted by atomic mass is 10.4. The van der Waals surface area contributed by atoms with Gasteiger partial charge in [0.2, 0.25) is 0 Å². The molecule has 0 amide bonds. The third-order valence-electron chi connectivity index (χ3n) is 3.06. The van der Waals surface area contributed by atoms with E-state index in [0.717, 1.165) is 11.7 Å². The molecule has 2 aromatic rings. The molecule has 1 atom stereocenters. The summed E-state index contributed by atoms with van der Waals surface area (Å²) in [6.07, 6.45) is 5.98. The van der Waals surface area contributed by atoms with E-state index in [1.165, 1.54) is 5.69 Å². The van der Waals surface area contributed by atoms with Crippen molar-refractivity contribution in [1.29, 1.82) is 0 Å². The topological polar surface area (TPSA) is 26.0 Å². The van der Waals surface area contributed by atoms with E-state index >= 15 is 0 Å². The molecule has 0 saturated heterocycles. The smallest absolute Gasteiger partial charge is 0.169 e. The second-order valence-electron chi connectivity index (χ2n) is 4.63. The van der Waals surface area contributed by atoms with Crippen LogP contribution in [0.4, 0.5) is 0 Å². The first-order chi connectivity index (χ1) is 8.58. The van der Waals surface area contributed by atoms with Crippen molar-refractivity contribution in [2.24, 2.45) is 7.05 Å². The van der Waals surface area contributed by atoms with Gasteiger partial charge in [-0.05, 0) is 33.2 Å². The van der Waals surface area contributed by atoms with Crippen molar-refractivity contribution < 1.29 is 0 Å². The number of aryl methyl sites for hydroxylation is 1. The van der Waals surface area contributed by atoms with Gasteiger partial charge in [0.25, 0.3) is 0 Å². The predicted octanol–water partition coefficient (Wildman–Crippen LogP) is 2.27. The van der Waals surface area contributed by atoms with Gasteiger partial charge in [0.05, 0.1) is 11.9 Å². The molecule has 0 fully saturated rings. The van der Waals surface area contributed by atoms with E-state index in [0.29, 0.717) is 5.37 Å². The zero-order valence-electron chi connectivity index (χ0n) is 11.4. The first-order valence-corrected chi connectivity index (χ1v) is 6.90. The summed E-state index contributed by atoms with van der Waals surface area (Å²) in [7, 11) is 6.24. The highest BCUT2D eigenvalue weighted by Gasteiger charge is 2.11. The molecule has 0 aliphatic rings. The molecule has 0 bridgehead atoms. The molecule has 98 valence electrons. The van der Waals surface area contributed by atoms with Crippen molar-refractivity contribution in [2.75, 3.05) is 14.1 Å². The fraction of sp³-hybridized carbons (Fsp3) is 0.462. The highest BCUT2D eigenvalue weighted by molar-refractivity contribution is 7.99. The first kappa shape index (κ1) is 13.2. The van der Waals surface area contributed by atoms with Crippen LogP contribution in [0.3, 0.4) is 0 Å². The summed E-state index contributed by atoms with van der Waals surface area (Å²) in [6.45, 7) is 3.05. The van der Waals surface area contributed by atoms with Gasteiger partial charge in [-0.15, -0.1) is 0 Å². The number of imidazole rings is 1. The van der Waals surface area contributed by atoms with Gasteiger partial charge in [0.1, 0.15) is 0 Å². The number of hydrogen-bond donors (Lipinski definition) is 0. The Balaban J connectivity index is 2.11. The minimum Gasteiger partial charge on any atom is -0.353 e. The Labute approximate surface area is 113 Å². The Morgan fingerprint density at radius 2 is 2.17 bits per heavy atom. The summed E-state index contributed by atoms with van der Waals surface area (Å²) >= 11 is 1.78. The van der Waals surface area contributed by atoms with Gasteiger partial charge < -0.3 is 9.13 Å². The molecule has 0 aliphatic carbocycles. The van der Waals surface area contributed by atoms with E-state index in [-0.39, 0.29) is 0 Å². The van der Waals surface area contributed by atoms with E-state index in [2.05, 4.69) is 65.4 Å². The Kier molecular flexibility index (Phi) is 4.14. The van der Waals surface area contributed by atoms with Gasteiger partial charge in [-0.1, -0.05) is 11.8 Å². The zero-order valence-corrected chi connectivity index (χ0v) is 12.2. The maximum Gasteiger partial charge on any atom is 0.169 e. The SMILES string of the molecule is CC(Sc1nccn1Cc1cccn1C)N(C)C. The second-order valence-corrected chi connectivity index (χ2v) is 5.91. The molecular formula is C13H20N4S. The van der Waals surface area contributed by atoms with Crippen LogP contribution in [-0.2, 0) is 13.6 Å². The molecule has 0 saturated carbocycles. The summed E-state index contributed by atoms with van der Waals surface area (Å²) < 4.78 is 4.34. The van der Waals surface area contributed by atoms with Gasteiger partial charge in [-0.3, -0.25) is 4.90 Å². The van der Waals surface area contributed by atoms with Crippen LogP contribution in [0.25, 0.3) is 0 Å². The monoisotopic (exact) mass is 264 g/mol. The lowest BCUT2D eigenvalue weighted by Gasteiger charge is -2.19. The van der Waals surface area contributed by atoms with Crippen LogP contribution in [-0.4, -0.2) is 38.5 Å². The number of rotatable bonds is 5. The largest absolute Gasteiger partial charge is 0.353 e. The summed E-state index contributed by atoms with van der Waals surface area (Å²) in [5, 5.41) is 1.48. The van der Waals surface area contributed by atoms with Gasteiger partial charge in [0, 0.05) is 31.3 Å². The quantitative estimate of drug-likeness (QED) is 0.612. The van der Waals surface area contributed by atoms with Crippen molar-refractivity contribution in [3.8, 4) is 0 Å². The minimum atomic E-state index is 0.416. The van der Waals surface area contributed by atoms with Crippen LogP contribution in [0.5, 0.6) is 0 Å². The Bertz CT molecular complexity index is 501. The van der Waals surface area contributed by atoms with Gasteiger partial charge in [-0.2, -0.15) is 0 Å². The van der Waals surface area contributed by atoms with Crippen molar-refractivity contribution in [3.05, 3.63) is 36.4 Å². The Morgan fingerprint density at radius 3 is 2.78 bits per heavy atom. The van der Waals surface area contributed by atoms with Crippen LogP contribution in [0.1, 0.15) is 12.6 Å². The van der Waals surface area contributed by atoms with E-state index in [1.807, 2.05) is 12.4 Å². The van der Waals surface area contributed by atoms with Crippen LogP contribution in [0.2, 0.25) is 0 Å². The fourth-order valence-electron chi connectivity index (χ4n) is 1.63. The molecule has 0 radical (unpaired) electrons. The Morgan fingerprint density at radius 1 is 1.39 bits per heavy atom.